The Bertz CT molecular complexity index is 734. The van der Waals surface area contributed by atoms with E-state index in [1.54, 1.807) is 4.57 Å². The molecule has 5 nitrogen and oxygen atoms in total. The Hall–Kier alpha value is -2.30. The zero-order valence-electron chi connectivity index (χ0n) is 13.2. The van der Waals surface area contributed by atoms with E-state index < -0.39 is 5.97 Å². The lowest BCUT2D eigenvalue weighted by molar-refractivity contribution is -0.136. The number of fused-ring (bicyclic) bond motifs is 1. The van der Waals surface area contributed by atoms with Gasteiger partial charge >= 0.3 is 5.97 Å². The van der Waals surface area contributed by atoms with E-state index in [1.807, 2.05) is 56.1 Å². The van der Waals surface area contributed by atoms with Gasteiger partial charge in [0.1, 0.15) is 0 Å². The van der Waals surface area contributed by atoms with E-state index in [0.29, 0.717) is 11.9 Å². The minimum Gasteiger partial charge on any atom is -0.481 e. The molecule has 5 heteroatoms. The summed E-state index contributed by atoms with van der Waals surface area (Å²) < 4.78 is 1.71. The van der Waals surface area contributed by atoms with Crippen LogP contribution >= 0.6 is 0 Å². The Balaban J connectivity index is 2.40. The van der Waals surface area contributed by atoms with Gasteiger partial charge in [-0.3, -0.25) is 9.59 Å². The van der Waals surface area contributed by atoms with Gasteiger partial charge in [-0.05, 0) is 50.4 Å². The number of carboxylic acids is 1. The molecular formula is C17H22N2O3. The summed E-state index contributed by atoms with van der Waals surface area (Å²) in [6.45, 7) is 7.13. The molecule has 1 N–H and O–H groups in total. The molecule has 2 rings (SSSR count). The number of aliphatic carboxylic acids is 1. The van der Waals surface area contributed by atoms with Gasteiger partial charge in [0.15, 0.2) is 0 Å². The third-order valence-corrected chi connectivity index (χ3v) is 3.81. The number of pyridine rings is 1. The zero-order chi connectivity index (χ0) is 16.3. The molecule has 1 heterocycles. The number of nitrogens with zero attached hydrogens (tertiary/aromatic N) is 2. The zero-order valence-corrected chi connectivity index (χ0v) is 13.2. The maximum atomic E-state index is 12.4. The third kappa shape index (κ3) is 3.30. The molecule has 0 radical (unpaired) electrons. The molecular weight excluding hydrogens is 280 g/mol. The summed E-state index contributed by atoms with van der Waals surface area (Å²) in [4.78, 5) is 25.1. The Morgan fingerprint density at radius 3 is 2.64 bits per heavy atom. The number of benzene rings is 1. The highest BCUT2D eigenvalue weighted by Gasteiger charge is 2.10. The third-order valence-electron chi connectivity index (χ3n) is 3.81. The molecule has 0 aliphatic heterocycles. The highest BCUT2D eigenvalue weighted by Crippen LogP contribution is 2.21. The van der Waals surface area contributed by atoms with E-state index in [9.17, 15) is 9.59 Å². The van der Waals surface area contributed by atoms with E-state index >= 15 is 0 Å². The summed E-state index contributed by atoms with van der Waals surface area (Å²) in [5.74, 6) is -0.806. The molecule has 0 atom stereocenters. The van der Waals surface area contributed by atoms with Crippen molar-refractivity contribution in [3.63, 3.8) is 0 Å². The van der Waals surface area contributed by atoms with E-state index in [4.69, 9.17) is 5.11 Å². The molecule has 0 fully saturated rings. The Kier molecular flexibility index (Phi) is 4.85. The van der Waals surface area contributed by atoms with Crippen LogP contribution in [0.1, 0.15) is 33.2 Å². The van der Waals surface area contributed by atoms with Crippen molar-refractivity contribution in [2.75, 3.05) is 18.0 Å². The molecule has 22 heavy (non-hydrogen) atoms. The fourth-order valence-electron chi connectivity index (χ4n) is 2.55. The summed E-state index contributed by atoms with van der Waals surface area (Å²) in [7, 11) is 0. The Labute approximate surface area is 129 Å². The molecule has 0 spiro atoms. The largest absolute Gasteiger partial charge is 0.481 e. The van der Waals surface area contributed by atoms with Gasteiger partial charge in [0, 0.05) is 36.4 Å². The summed E-state index contributed by atoms with van der Waals surface area (Å²) in [5.41, 5.74) is 0.950. The summed E-state index contributed by atoms with van der Waals surface area (Å²) >= 11 is 0. The lowest BCUT2D eigenvalue weighted by atomic mass is 10.1. The highest BCUT2D eigenvalue weighted by molar-refractivity contribution is 5.85. The van der Waals surface area contributed by atoms with E-state index in [2.05, 4.69) is 0 Å². The van der Waals surface area contributed by atoms with Gasteiger partial charge in [0.2, 0.25) is 0 Å². The summed E-state index contributed by atoms with van der Waals surface area (Å²) in [6, 6.07) is 7.73. The number of aromatic nitrogens is 1. The number of rotatable bonds is 6. The molecule has 1 aromatic carbocycles. The maximum Gasteiger partial charge on any atom is 0.305 e. The second-order valence-corrected chi connectivity index (χ2v) is 5.62. The molecule has 0 saturated heterocycles. The summed E-state index contributed by atoms with van der Waals surface area (Å²) in [6.07, 6.45) is 1.91. The van der Waals surface area contributed by atoms with E-state index in [0.717, 1.165) is 17.6 Å². The minimum absolute atomic E-state index is 0.00707. The molecule has 0 aliphatic rings. The average Bonchev–Trinajstić information content (AvgIpc) is 2.47. The average molecular weight is 302 g/mol. The molecule has 0 aliphatic carbocycles. The van der Waals surface area contributed by atoms with Gasteiger partial charge in [-0.25, -0.2) is 0 Å². The molecule has 0 saturated carbocycles. The monoisotopic (exact) mass is 302 g/mol. The number of anilines is 1. The highest BCUT2D eigenvalue weighted by atomic mass is 16.4. The summed E-state index contributed by atoms with van der Waals surface area (Å²) in [5, 5.41) is 10.4. The van der Waals surface area contributed by atoms with E-state index in [1.165, 1.54) is 0 Å². The minimum atomic E-state index is -0.806. The normalized spacial score (nSPS) is 11.1. The van der Waals surface area contributed by atoms with E-state index in [-0.39, 0.29) is 18.0 Å². The van der Waals surface area contributed by atoms with Crippen LogP contribution in [0.4, 0.5) is 5.69 Å². The van der Waals surface area contributed by atoms with Gasteiger partial charge in [0.05, 0.1) is 6.42 Å². The topological polar surface area (TPSA) is 62.5 Å². The van der Waals surface area contributed by atoms with Gasteiger partial charge in [0.25, 0.3) is 5.56 Å². The van der Waals surface area contributed by atoms with Gasteiger partial charge in [-0.1, -0.05) is 0 Å². The maximum absolute atomic E-state index is 12.4. The smallest absolute Gasteiger partial charge is 0.305 e. The first-order valence-corrected chi connectivity index (χ1v) is 7.55. The van der Waals surface area contributed by atoms with Crippen molar-refractivity contribution in [2.45, 2.75) is 33.2 Å². The van der Waals surface area contributed by atoms with Crippen LogP contribution in [0, 0.1) is 0 Å². The second kappa shape index (κ2) is 6.64. The number of carboxylic acid groups (broad SMARTS) is 1. The van der Waals surface area contributed by atoms with Crippen molar-refractivity contribution in [1.29, 1.82) is 0 Å². The second-order valence-electron chi connectivity index (χ2n) is 5.62. The van der Waals surface area contributed by atoms with Crippen LogP contribution in [0.2, 0.25) is 0 Å². The van der Waals surface area contributed by atoms with Crippen molar-refractivity contribution < 1.29 is 9.90 Å². The first kappa shape index (κ1) is 16.1. The fraction of sp³-hybridized carbons (Fsp3) is 0.412. The number of hydrogen-bond donors (Lipinski definition) is 1. The Morgan fingerprint density at radius 2 is 2.05 bits per heavy atom. The molecule has 0 bridgehead atoms. The van der Waals surface area contributed by atoms with Crippen molar-refractivity contribution >= 4 is 22.4 Å². The predicted molar refractivity (Wildman–Crippen MR) is 88.7 cm³/mol. The van der Waals surface area contributed by atoms with Crippen LogP contribution in [0.25, 0.3) is 10.8 Å². The van der Waals surface area contributed by atoms with Crippen LogP contribution < -0.4 is 10.5 Å². The predicted octanol–water partition coefficient (Wildman–Crippen LogP) is 2.88. The lowest BCUT2D eigenvalue weighted by Gasteiger charge is -2.22. The lowest BCUT2D eigenvalue weighted by Crippen LogP contribution is -2.26. The SMILES string of the molecule is CCN(CCC(=O)O)c1ccc2c(=O)n(C(C)C)ccc2c1. The van der Waals surface area contributed by atoms with Crippen LogP contribution in [0.15, 0.2) is 35.3 Å². The fourth-order valence-corrected chi connectivity index (χ4v) is 2.55. The first-order chi connectivity index (χ1) is 10.4. The van der Waals surface area contributed by atoms with Crippen LogP contribution in [-0.4, -0.2) is 28.7 Å². The van der Waals surface area contributed by atoms with Crippen LogP contribution in [0.5, 0.6) is 0 Å². The number of carbonyl (C=O) groups is 1. The van der Waals surface area contributed by atoms with Crippen molar-refractivity contribution in [3.8, 4) is 0 Å². The van der Waals surface area contributed by atoms with Crippen molar-refractivity contribution in [2.24, 2.45) is 0 Å². The quantitative estimate of drug-likeness (QED) is 0.891. The molecule has 118 valence electrons. The number of hydrogen-bond acceptors (Lipinski definition) is 3. The molecule has 2 aromatic rings. The Morgan fingerprint density at radius 1 is 1.32 bits per heavy atom. The van der Waals surface area contributed by atoms with Gasteiger partial charge in [-0.15, -0.1) is 0 Å². The molecule has 0 unspecified atom stereocenters. The molecule has 0 amide bonds. The van der Waals surface area contributed by atoms with Crippen molar-refractivity contribution in [1.82, 2.24) is 4.57 Å². The van der Waals surface area contributed by atoms with Gasteiger partial charge < -0.3 is 14.6 Å². The van der Waals surface area contributed by atoms with Crippen molar-refractivity contribution in [3.05, 3.63) is 40.8 Å². The molecule has 1 aromatic heterocycles. The first-order valence-electron chi connectivity index (χ1n) is 7.55. The van der Waals surface area contributed by atoms with Crippen LogP contribution in [0.3, 0.4) is 0 Å². The van der Waals surface area contributed by atoms with Gasteiger partial charge in [-0.2, -0.15) is 0 Å². The van der Waals surface area contributed by atoms with Crippen LogP contribution in [-0.2, 0) is 4.79 Å². The standard InChI is InChI=1S/C17H22N2O3/c1-4-18(9-8-16(20)21)14-5-6-15-13(11-14)7-10-19(12(2)3)17(15)22/h5-7,10-12H,4,8-9H2,1-3H3,(H,20,21).